The van der Waals surface area contributed by atoms with Crippen LogP contribution in [-0.2, 0) is 11.3 Å². The summed E-state index contributed by atoms with van der Waals surface area (Å²) in [6.07, 6.45) is 0.762. The third kappa shape index (κ3) is 3.71. The molecule has 0 aliphatic carbocycles. The van der Waals surface area contributed by atoms with Crippen LogP contribution in [0.2, 0.25) is 5.02 Å². The highest BCUT2D eigenvalue weighted by atomic mass is 35.5. The largest absolute Gasteiger partial charge is 0.473 e. The summed E-state index contributed by atoms with van der Waals surface area (Å²) >= 11 is 6.56. The number of ether oxygens (including phenoxy) is 1. The molecular weight excluding hydrogens is 456 g/mol. The zero-order valence-electron chi connectivity index (χ0n) is 19.2. The summed E-state index contributed by atoms with van der Waals surface area (Å²) in [5.74, 6) is 1.07. The van der Waals surface area contributed by atoms with Crippen LogP contribution in [0.15, 0.2) is 18.5 Å². The van der Waals surface area contributed by atoms with Gasteiger partial charge >= 0.3 is 0 Å². The van der Waals surface area contributed by atoms with Gasteiger partial charge in [-0.2, -0.15) is 10.4 Å². The molecule has 4 heterocycles. The standard InChI is InChI=1S/C23H25ClN8O2/c1-12-20-22(26)27-11-28-23(20)32(29-12)13(2)19-5-16(24)4-15-7-31(10-18(6-25)34-21(15)19)17-8-30(9-17)14(3)33/h4-5,11,13,17-18H,7-10H2,1-3H3,(H2,26,27,28). The van der Waals surface area contributed by atoms with Crippen LogP contribution in [0, 0.1) is 18.3 Å². The average molecular weight is 481 g/mol. The highest BCUT2D eigenvalue weighted by molar-refractivity contribution is 6.30. The SMILES string of the molecule is CC(=O)N1CC(N2Cc3cc(Cl)cc(C(C)n4nc(C)c5c(N)ncnc54)c3OC(C#N)C2)C1. The number of nitrogen functional groups attached to an aromatic ring is 1. The molecule has 0 bridgehead atoms. The number of carbonyl (C=O) groups is 1. The first-order valence-corrected chi connectivity index (χ1v) is 11.5. The molecule has 0 spiro atoms. The Kier molecular flexibility index (Phi) is 5.54. The number of nitrogens with zero attached hydrogens (tertiary/aromatic N) is 7. The summed E-state index contributed by atoms with van der Waals surface area (Å²) in [6, 6.07) is 5.89. The quantitative estimate of drug-likeness (QED) is 0.605. The fraction of sp³-hybridized carbons (Fsp3) is 0.435. The van der Waals surface area contributed by atoms with Gasteiger partial charge in [0.05, 0.1) is 17.1 Å². The van der Waals surface area contributed by atoms with Crippen molar-refractivity contribution >= 4 is 34.4 Å². The number of hydrogen-bond donors (Lipinski definition) is 1. The fourth-order valence-electron chi connectivity index (χ4n) is 4.78. The van der Waals surface area contributed by atoms with E-state index in [0.717, 1.165) is 16.8 Å². The van der Waals surface area contributed by atoms with E-state index in [1.807, 2.05) is 26.0 Å². The predicted octanol–water partition coefficient (Wildman–Crippen LogP) is 2.30. The van der Waals surface area contributed by atoms with E-state index in [9.17, 15) is 10.1 Å². The van der Waals surface area contributed by atoms with Crippen LogP contribution in [0.25, 0.3) is 11.0 Å². The second-order valence-corrected chi connectivity index (χ2v) is 9.33. The summed E-state index contributed by atoms with van der Waals surface area (Å²) < 4.78 is 8.05. The Morgan fingerprint density at radius 2 is 2.09 bits per heavy atom. The number of anilines is 1. The number of nitrogens with two attached hydrogens (primary N) is 1. The van der Waals surface area contributed by atoms with Gasteiger partial charge in [-0.15, -0.1) is 0 Å². The first-order chi connectivity index (χ1) is 16.3. The number of aryl methyl sites for hydroxylation is 1. The van der Waals surface area contributed by atoms with E-state index in [1.54, 1.807) is 16.5 Å². The molecule has 2 aliphatic heterocycles. The highest BCUT2D eigenvalue weighted by Gasteiger charge is 2.37. The molecule has 2 aliphatic rings. The van der Waals surface area contributed by atoms with E-state index in [1.165, 1.54) is 6.33 Å². The number of carbonyl (C=O) groups excluding carboxylic acids is 1. The van der Waals surface area contributed by atoms with Gasteiger partial charge in [0, 0.05) is 55.3 Å². The van der Waals surface area contributed by atoms with Crippen molar-refractivity contribution in [3.63, 3.8) is 0 Å². The maximum atomic E-state index is 11.6. The van der Waals surface area contributed by atoms with Crippen LogP contribution >= 0.6 is 11.6 Å². The van der Waals surface area contributed by atoms with Crippen LogP contribution in [0.4, 0.5) is 5.82 Å². The minimum atomic E-state index is -0.658. The van der Waals surface area contributed by atoms with Crippen molar-refractivity contribution in [2.45, 2.75) is 45.5 Å². The van der Waals surface area contributed by atoms with Gasteiger partial charge in [-0.25, -0.2) is 14.6 Å². The molecule has 1 aromatic carbocycles. The van der Waals surface area contributed by atoms with E-state index >= 15 is 0 Å². The summed E-state index contributed by atoms with van der Waals surface area (Å²) in [5.41, 5.74) is 9.14. The molecule has 2 atom stereocenters. The molecule has 2 unspecified atom stereocenters. The third-order valence-electron chi connectivity index (χ3n) is 6.67. The van der Waals surface area contributed by atoms with Crippen LogP contribution in [0.3, 0.4) is 0 Å². The molecule has 1 amide bonds. The first-order valence-electron chi connectivity index (χ1n) is 11.1. The second kappa shape index (κ2) is 8.42. The normalized spacial score (nSPS) is 19.6. The zero-order chi connectivity index (χ0) is 24.1. The molecule has 11 heteroatoms. The Bertz CT molecular complexity index is 1330. The van der Waals surface area contributed by atoms with Gasteiger partial charge in [-0.1, -0.05) is 11.6 Å². The topological polar surface area (TPSA) is 126 Å². The van der Waals surface area contributed by atoms with E-state index in [-0.39, 0.29) is 18.0 Å². The van der Waals surface area contributed by atoms with Gasteiger partial charge < -0.3 is 15.4 Å². The molecular formula is C23H25ClN8O2. The van der Waals surface area contributed by atoms with E-state index < -0.39 is 6.10 Å². The summed E-state index contributed by atoms with van der Waals surface area (Å²) in [6.45, 7) is 7.73. The molecule has 2 aromatic heterocycles. The van der Waals surface area contributed by atoms with Crippen LogP contribution in [-0.4, -0.2) is 67.2 Å². The molecule has 1 fully saturated rings. The number of nitriles is 1. The number of aromatic nitrogens is 4. The fourth-order valence-corrected chi connectivity index (χ4v) is 5.03. The lowest BCUT2D eigenvalue weighted by Gasteiger charge is -2.44. The number of halogens is 1. The molecule has 34 heavy (non-hydrogen) atoms. The number of fused-ring (bicyclic) bond motifs is 2. The van der Waals surface area contributed by atoms with Crippen LogP contribution in [0.1, 0.15) is 36.7 Å². The Hall–Kier alpha value is -3.42. The van der Waals surface area contributed by atoms with Gasteiger partial charge in [0.15, 0.2) is 11.8 Å². The molecule has 0 saturated carbocycles. The monoisotopic (exact) mass is 480 g/mol. The van der Waals surface area contributed by atoms with Gasteiger partial charge in [0.25, 0.3) is 0 Å². The van der Waals surface area contributed by atoms with Gasteiger partial charge in [0.2, 0.25) is 5.91 Å². The summed E-state index contributed by atoms with van der Waals surface area (Å²) in [4.78, 5) is 24.1. The number of benzene rings is 1. The number of amides is 1. The van der Waals surface area contributed by atoms with E-state index in [4.69, 9.17) is 22.1 Å². The van der Waals surface area contributed by atoms with Crippen molar-refractivity contribution in [1.29, 1.82) is 5.26 Å². The number of likely N-dealkylation sites (tertiary alicyclic amines) is 1. The summed E-state index contributed by atoms with van der Waals surface area (Å²) in [7, 11) is 0. The van der Waals surface area contributed by atoms with Crippen molar-refractivity contribution in [2.75, 3.05) is 25.4 Å². The second-order valence-electron chi connectivity index (χ2n) is 8.89. The Morgan fingerprint density at radius 1 is 1.32 bits per heavy atom. The smallest absolute Gasteiger partial charge is 0.219 e. The lowest BCUT2D eigenvalue weighted by Crippen LogP contribution is -2.61. The van der Waals surface area contributed by atoms with Crippen molar-refractivity contribution in [1.82, 2.24) is 29.5 Å². The van der Waals surface area contributed by atoms with E-state index in [0.29, 0.717) is 53.8 Å². The third-order valence-corrected chi connectivity index (χ3v) is 6.89. The molecule has 0 radical (unpaired) electrons. The average Bonchev–Trinajstić information content (AvgIpc) is 2.98. The van der Waals surface area contributed by atoms with Crippen molar-refractivity contribution in [2.24, 2.45) is 0 Å². The number of hydrogen-bond acceptors (Lipinski definition) is 8. The maximum absolute atomic E-state index is 11.6. The Morgan fingerprint density at radius 3 is 2.79 bits per heavy atom. The van der Waals surface area contributed by atoms with Crippen molar-refractivity contribution in [3.8, 4) is 11.8 Å². The van der Waals surface area contributed by atoms with Crippen molar-refractivity contribution in [3.05, 3.63) is 40.3 Å². The Balaban J connectivity index is 1.55. The molecule has 176 valence electrons. The minimum Gasteiger partial charge on any atom is -0.473 e. The minimum absolute atomic E-state index is 0.0601. The van der Waals surface area contributed by atoms with E-state index in [2.05, 4.69) is 26.0 Å². The maximum Gasteiger partial charge on any atom is 0.219 e. The molecule has 3 aromatic rings. The first kappa shape index (κ1) is 22.4. The molecule has 10 nitrogen and oxygen atoms in total. The summed E-state index contributed by atoms with van der Waals surface area (Å²) in [5, 5.41) is 15.8. The Labute approximate surface area is 201 Å². The number of rotatable bonds is 3. The zero-order valence-corrected chi connectivity index (χ0v) is 20.0. The van der Waals surface area contributed by atoms with Gasteiger partial charge in [-0.05, 0) is 26.0 Å². The van der Waals surface area contributed by atoms with Crippen LogP contribution in [0.5, 0.6) is 5.75 Å². The van der Waals surface area contributed by atoms with Crippen LogP contribution < -0.4 is 10.5 Å². The molecule has 1 saturated heterocycles. The van der Waals surface area contributed by atoms with Gasteiger partial charge in [0.1, 0.15) is 24.0 Å². The van der Waals surface area contributed by atoms with Gasteiger partial charge in [-0.3, -0.25) is 9.69 Å². The molecule has 5 rings (SSSR count). The lowest BCUT2D eigenvalue weighted by molar-refractivity contribution is -0.136. The predicted molar refractivity (Wildman–Crippen MR) is 126 cm³/mol. The van der Waals surface area contributed by atoms with Crippen molar-refractivity contribution < 1.29 is 9.53 Å². The highest BCUT2D eigenvalue weighted by Crippen LogP contribution is 2.39. The molecule has 2 N–H and O–H groups in total. The lowest BCUT2D eigenvalue weighted by atomic mass is 10.0.